The van der Waals surface area contributed by atoms with Crippen LogP contribution in [0.3, 0.4) is 0 Å². The molecule has 0 spiro atoms. The van der Waals surface area contributed by atoms with Gasteiger partial charge in [-0.3, -0.25) is 19.6 Å². The van der Waals surface area contributed by atoms with Gasteiger partial charge in [0.15, 0.2) is 0 Å². The number of nitrogens with one attached hydrogen (secondary N) is 1. The standard InChI is InChI=1S/C39H48F3N7O4S/c1-24(52-5)35-28(18-26(20-43-35)47-15-13-46(4)14-16-47)36-29-19-38(2,3)23-53-37(51)30-7-6-12-49(45-30)34(50)11-10-33-44-31(21-54-33)25-8-9-32(27(29)17-25)48(36)22-39(40,41)42/h8-9,17-18,20-21,24,30,45H,6-7,10-16,19,22-23H2,1-5H3. The summed E-state index contributed by atoms with van der Waals surface area (Å²) in [5, 5.41) is 4.86. The molecule has 3 aliphatic rings. The SMILES string of the molecule is COC(C)c1ncc(N2CCN(C)CC2)cc1-c1c2c3cc(ccc3n1CC(F)(F)F)-c1csc(n1)CCC(=O)N1CCCC(N1)C(=O)OCC(C)(C)C2. The van der Waals surface area contributed by atoms with Crippen molar-refractivity contribution in [3.63, 3.8) is 0 Å². The number of alkyl halides is 3. The second-order valence-electron chi connectivity index (χ2n) is 15.5. The maximum atomic E-state index is 14.7. The molecule has 6 bridgehead atoms. The first-order valence-electron chi connectivity index (χ1n) is 18.6. The van der Waals surface area contributed by atoms with Crippen molar-refractivity contribution < 1.29 is 32.2 Å². The number of halogens is 3. The summed E-state index contributed by atoms with van der Waals surface area (Å²) in [5.41, 5.74) is 7.29. The summed E-state index contributed by atoms with van der Waals surface area (Å²) in [7, 11) is 3.64. The number of thiazole rings is 1. The minimum absolute atomic E-state index is 0.0133. The fourth-order valence-electron chi connectivity index (χ4n) is 7.68. The number of hydrogen-bond acceptors (Lipinski definition) is 10. The number of methoxy groups -OCH3 is 1. The summed E-state index contributed by atoms with van der Waals surface area (Å²) in [6.45, 7) is 8.26. The fraction of sp³-hybridized carbons (Fsp3) is 0.538. The summed E-state index contributed by atoms with van der Waals surface area (Å²) in [4.78, 5) is 40.8. The third kappa shape index (κ3) is 8.14. The van der Waals surface area contributed by atoms with Gasteiger partial charge in [0.05, 0.1) is 46.7 Å². The molecular formula is C39H48F3N7O4S. The zero-order valence-corrected chi connectivity index (χ0v) is 32.3. The Kier molecular flexibility index (Phi) is 10.8. The third-order valence-electron chi connectivity index (χ3n) is 10.7. The van der Waals surface area contributed by atoms with Crippen LogP contribution in [0.4, 0.5) is 18.9 Å². The van der Waals surface area contributed by atoms with Gasteiger partial charge in [-0.15, -0.1) is 11.3 Å². The topological polar surface area (TPSA) is 105 Å². The molecule has 2 fully saturated rings. The number of fused-ring (bicyclic) bond motifs is 6. The highest BCUT2D eigenvalue weighted by Crippen LogP contribution is 2.44. The molecule has 54 heavy (non-hydrogen) atoms. The quantitative estimate of drug-likeness (QED) is 0.231. The predicted molar refractivity (Wildman–Crippen MR) is 202 cm³/mol. The van der Waals surface area contributed by atoms with Gasteiger partial charge < -0.3 is 23.8 Å². The first-order valence-corrected chi connectivity index (χ1v) is 19.4. The molecule has 0 saturated carbocycles. The first kappa shape index (κ1) is 38.2. The van der Waals surface area contributed by atoms with E-state index in [0.29, 0.717) is 64.9 Å². The molecule has 7 rings (SSSR count). The van der Waals surface area contributed by atoms with Crippen LogP contribution in [0.15, 0.2) is 35.8 Å². The Morgan fingerprint density at radius 2 is 1.89 bits per heavy atom. The van der Waals surface area contributed by atoms with Crippen molar-refractivity contribution in [2.45, 2.75) is 77.7 Å². The smallest absolute Gasteiger partial charge is 0.406 e. The number of carbonyl (C=O) groups is 2. The zero-order valence-electron chi connectivity index (χ0n) is 31.5. The highest BCUT2D eigenvalue weighted by Gasteiger charge is 2.36. The number of aryl methyl sites for hydroxylation is 1. The number of benzene rings is 1. The van der Waals surface area contributed by atoms with Crippen LogP contribution in [0.25, 0.3) is 33.4 Å². The molecule has 2 atom stereocenters. The highest BCUT2D eigenvalue weighted by molar-refractivity contribution is 7.09. The number of anilines is 1. The minimum atomic E-state index is -4.54. The van der Waals surface area contributed by atoms with Crippen LogP contribution in [-0.4, -0.2) is 102 Å². The molecule has 6 heterocycles. The normalized spacial score (nSPS) is 20.9. The van der Waals surface area contributed by atoms with Crippen LogP contribution >= 0.6 is 11.3 Å². The Hall–Kier alpha value is -4.05. The summed E-state index contributed by atoms with van der Waals surface area (Å²) in [5.74, 6) is -0.586. The van der Waals surface area contributed by atoms with Crippen LogP contribution in [0.1, 0.15) is 62.4 Å². The van der Waals surface area contributed by atoms with E-state index in [1.807, 2.05) is 44.4 Å². The Morgan fingerprint density at radius 1 is 1.11 bits per heavy atom. The second-order valence-corrected chi connectivity index (χ2v) is 16.4. The van der Waals surface area contributed by atoms with Gasteiger partial charge in [-0.1, -0.05) is 19.9 Å². The summed E-state index contributed by atoms with van der Waals surface area (Å²) >= 11 is 1.44. The molecule has 0 aliphatic carbocycles. The van der Waals surface area contributed by atoms with Crippen molar-refractivity contribution in [1.82, 2.24) is 29.9 Å². The van der Waals surface area contributed by atoms with Crippen LogP contribution in [-0.2, 0) is 38.4 Å². The molecule has 4 aromatic rings. The number of carbonyl (C=O) groups excluding carboxylic acids is 2. The number of rotatable bonds is 5. The van der Waals surface area contributed by atoms with Gasteiger partial charge in [-0.05, 0) is 57.0 Å². The molecule has 2 unspecified atom stereocenters. The van der Waals surface area contributed by atoms with E-state index >= 15 is 0 Å². The number of pyridine rings is 1. The largest absolute Gasteiger partial charge is 0.464 e. The van der Waals surface area contributed by atoms with Crippen molar-refractivity contribution in [2.75, 3.05) is 58.4 Å². The summed E-state index contributed by atoms with van der Waals surface area (Å²) in [6.07, 6.45) is -1.18. The van der Waals surface area contributed by atoms with Gasteiger partial charge in [-0.2, -0.15) is 13.2 Å². The number of aromatic nitrogens is 3. The Balaban J connectivity index is 1.44. The van der Waals surface area contributed by atoms with Crippen LogP contribution in [0.5, 0.6) is 0 Å². The summed E-state index contributed by atoms with van der Waals surface area (Å²) < 4.78 is 57.2. The van der Waals surface area contributed by atoms with E-state index in [-0.39, 0.29) is 25.4 Å². The van der Waals surface area contributed by atoms with Crippen molar-refractivity contribution in [3.8, 4) is 22.5 Å². The molecular weight excluding hydrogens is 720 g/mol. The average Bonchev–Trinajstić information content (AvgIpc) is 3.74. The van der Waals surface area contributed by atoms with Gasteiger partial charge in [0.2, 0.25) is 5.91 Å². The lowest BCUT2D eigenvalue weighted by atomic mass is 9.84. The Bertz CT molecular complexity index is 2020. The van der Waals surface area contributed by atoms with E-state index in [0.717, 1.165) is 42.4 Å². The van der Waals surface area contributed by atoms with Gasteiger partial charge in [0.25, 0.3) is 0 Å². The van der Waals surface area contributed by atoms with Gasteiger partial charge in [0, 0.05) is 85.5 Å². The van der Waals surface area contributed by atoms with E-state index in [1.165, 1.54) is 20.9 Å². The number of hydrogen-bond donors (Lipinski definition) is 1. The van der Waals surface area contributed by atoms with E-state index < -0.39 is 36.3 Å². The average molecular weight is 768 g/mol. The lowest BCUT2D eigenvalue weighted by molar-refractivity contribution is -0.154. The monoisotopic (exact) mass is 767 g/mol. The molecule has 3 aliphatic heterocycles. The molecule has 15 heteroatoms. The van der Waals surface area contributed by atoms with Crippen molar-refractivity contribution in [2.24, 2.45) is 5.41 Å². The van der Waals surface area contributed by atoms with Crippen LogP contribution < -0.4 is 10.3 Å². The lowest BCUT2D eigenvalue weighted by Gasteiger charge is -2.34. The molecule has 290 valence electrons. The number of cyclic esters (lactones) is 1. The maximum Gasteiger partial charge on any atom is 0.406 e. The Labute approximate surface area is 317 Å². The van der Waals surface area contributed by atoms with Gasteiger partial charge >= 0.3 is 12.1 Å². The zero-order chi connectivity index (χ0) is 38.4. The third-order valence-corrected chi connectivity index (χ3v) is 11.6. The molecule has 3 aromatic heterocycles. The van der Waals surface area contributed by atoms with Crippen molar-refractivity contribution in [3.05, 3.63) is 52.1 Å². The number of amides is 1. The Morgan fingerprint density at radius 3 is 2.63 bits per heavy atom. The molecule has 0 radical (unpaired) electrons. The van der Waals surface area contributed by atoms with Gasteiger partial charge in [0.1, 0.15) is 12.6 Å². The summed E-state index contributed by atoms with van der Waals surface area (Å²) in [6, 6.07) is 6.77. The number of nitrogens with zero attached hydrogens (tertiary/aromatic N) is 6. The molecule has 1 N–H and O–H groups in total. The van der Waals surface area contributed by atoms with Crippen LogP contribution in [0, 0.1) is 5.41 Å². The molecule has 11 nitrogen and oxygen atoms in total. The van der Waals surface area contributed by atoms with E-state index in [4.69, 9.17) is 19.4 Å². The van der Waals surface area contributed by atoms with Crippen molar-refractivity contribution >= 4 is 39.8 Å². The number of piperazine rings is 1. The number of ether oxygens (including phenoxy) is 2. The van der Waals surface area contributed by atoms with E-state index in [9.17, 15) is 22.8 Å². The number of likely N-dealkylation sites (N-methyl/N-ethyl adjacent to an activating group) is 1. The van der Waals surface area contributed by atoms with Crippen LogP contribution in [0.2, 0.25) is 0 Å². The van der Waals surface area contributed by atoms with Gasteiger partial charge in [-0.25, -0.2) is 10.4 Å². The second kappa shape index (κ2) is 15.2. The molecule has 2 saturated heterocycles. The van der Waals surface area contributed by atoms with E-state index in [1.54, 1.807) is 19.4 Å². The van der Waals surface area contributed by atoms with E-state index in [2.05, 4.69) is 22.3 Å². The first-order chi connectivity index (χ1) is 25.7. The number of hydrazine groups is 1. The lowest BCUT2D eigenvalue weighted by Crippen LogP contribution is -2.55. The molecule has 1 aromatic carbocycles. The number of esters is 1. The minimum Gasteiger partial charge on any atom is -0.464 e. The molecule has 1 amide bonds. The predicted octanol–water partition coefficient (Wildman–Crippen LogP) is 6.40. The fourth-order valence-corrected chi connectivity index (χ4v) is 8.49. The van der Waals surface area contributed by atoms with Crippen molar-refractivity contribution in [1.29, 1.82) is 0 Å². The highest BCUT2D eigenvalue weighted by atomic mass is 32.1. The maximum absolute atomic E-state index is 14.7.